The summed E-state index contributed by atoms with van der Waals surface area (Å²) in [5.74, 6) is -0.427. The number of pyridine rings is 1. The molecule has 0 aliphatic heterocycles. The Kier molecular flexibility index (Phi) is 11.3. The van der Waals surface area contributed by atoms with E-state index in [4.69, 9.17) is 32.7 Å². The number of carbonyl (C=O) groups is 2. The van der Waals surface area contributed by atoms with Crippen molar-refractivity contribution in [2.75, 3.05) is 38.9 Å². The molecule has 0 saturated heterocycles. The van der Waals surface area contributed by atoms with Gasteiger partial charge in [0.2, 0.25) is 17.7 Å². The van der Waals surface area contributed by atoms with E-state index in [1.54, 1.807) is 32.3 Å². The lowest BCUT2D eigenvalue weighted by atomic mass is 10.3. The number of halogens is 5. The van der Waals surface area contributed by atoms with Crippen LogP contribution in [0.1, 0.15) is 5.56 Å². The smallest absolute Gasteiger partial charge is 0.419 e. The molecule has 0 aliphatic rings. The van der Waals surface area contributed by atoms with E-state index in [1.807, 2.05) is 5.32 Å². The summed E-state index contributed by atoms with van der Waals surface area (Å²) in [6.07, 6.45) is -4.14. The summed E-state index contributed by atoms with van der Waals surface area (Å²) >= 11 is 11.5. The van der Waals surface area contributed by atoms with Gasteiger partial charge in [0.05, 0.1) is 35.9 Å². The molecule has 0 atom stereocenters. The van der Waals surface area contributed by atoms with Gasteiger partial charge >= 0.3 is 18.2 Å². The minimum absolute atomic E-state index is 0.0101. The van der Waals surface area contributed by atoms with E-state index in [0.717, 1.165) is 12.3 Å². The third-order valence-corrected chi connectivity index (χ3v) is 6.49. The predicted molar refractivity (Wildman–Crippen MR) is 143 cm³/mol. The Morgan fingerprint density at radius 1 is 0.951 bits per heavy atom. The number of urea groups is 2. The van der Waals surface area contributed by atoms with Crippen LogP contribution in [-0.4, -0.2) is 68.6 Å². The third kappa shape index (κ3) is 9.80. The number of aromatic nitrogens is 3. The first-order chi connectivity index (χ1) is 19.1. The maximum atomic E-state index is 12.9. The number of benzene rings is 1. The van der Waals surface area contributed by atoms with Crippen LogP contribution in [0.25, 0.3) is 0 Å². The normalized spacial score (nSPS) is 11.0. The summed E-state index contributed by atoms with van der Waals surface area (Å²) in [5, 5.41) is 4.14. The molecule has 2 aromatic heterocycles. The van der Waals surface area contributed by atoms with Crippen molar-refractivity contribution in [1.29, 1.82) is 0 Å². The minimum atomic E-state index is -4.99. The molecule has 3 aromatic rings. The molecule has 0 aliphatic carbocycles. The lowest BCUT2D eigenvalue weighted by molar-refractivity contribution is -0.140. The number of methoxy groups -OCH3 is 2. The zero-order valence-corrected chi connectivity index (χ0v) is 23.9. The second-order valence-electron chi connectivity index (χ2n) is 7.64. The molecule has 0 fully saturated rings. The van der Waals surface area contributed by atoms with E-state index in [0.29, 0.717) is 21.8 Å². The molecule has 0 unspecified atom stereocenters. The standard InChI is InChI=1S/C13H12F3N5O5S.C9H10Cl2N2O/c1-25-8-6-9(26-2)19-11(18-8)20-12(22)21-27(23,24)10-7(13(14,15)16)4-3-5-17-10;1-13(2)9(14)12-6-3-4-7(10)8(11)5-6/h3-6H,1-2H3,(H2,18,19,20,21,22);3-5H,1-2H3,(H,12,14). The predicted octanol–water partition coefficient (Wildman–Crippen LogP) is 4.50. The molecule has 0 saturated carbocycles. The minimum Gasteiger partial charge on any atom is -0.481 e. The van der Waals surface area contributed by atoms with E-state index in [2.05, 4.69) is 20.3 Å². The first-order valence-corrected chi connectivity index (χ1v) is 13.1. The Morgan fingerprint density at radius 2 is 1.56 bits per heavy atom. The van der Waals surface area contributed by atoms with Crippen LogP contribution in [0.5, 0.6) is 11.8 Å². The van der Waals surface area contributed by atoms with Crippen LogP contribution >= 0.6 is 23.2 Å². The van der Waals surface area contributed by atoms with Gasteiger partial charge in [-0.15, -0.1) is 0 Å². The Morgan fingerprint density at radius 3 is 2.07 bits per heavy atom. The topological polar surface area (TPSA) is 165 Å². The Balaban J connectivity index is 0.000000353. The van der Waals surface area contributed by atoms with E-state index >= 15 is 0 Å². The first kappa shape index (κ1) is 33.1. The lowest BCUT2D eigenvalue weighted by Crippen LogP contribution is -2.36. The summed E-state index contributed by atoms with van der Waals surface area (Å²) < 4.78 is 74.2. The number of alkyl halides is 3. The number of ether oxygens (including phenoxy) is 2. The van der Waals surface area contributed by atoms with Crippen molar-refractivity contribution in [3.8, 4) is 11.8 Å². The molecule has 13 nitrogen and oxygen atoms in total. The van der Waals surface area contributed by atoms with Crippen LogP contribution in [0.2, 0.25) is 10.0 Å². The molecule has 222 valence electrons. The van der Waals surface area contributed by atoms with Crippen LogP contribution in [0.4, 0.5) is 34.4 Å². The van der Waals surface area contributed by atoms with Gasteiger partial charge in [-0.2, -0.15) is 31.6 Å². The monoisotopic (exact) mass is 639 g/mol. The number of nitrogens with zero attached hydrogens (tertiary/aromatic N) is 4. The van der Waals surface area contributed by atoms with E-state index in [-0.39, 0.29) is 17.8 Å². The SMILES string of the molecule is CN(C)C(=O)Nc1ccc(Cl)c(Cl)c1.COc1cc(OC)nc(NC(=O)NS(=O)(=O)c2ncccc2C(F)(F)F)n1. The second-order valence-corrected chi connectivity index (χ2v) is 10.1. The van der Waals surface area contributed by atoms with Gasteiger partial charge in [-0.3, -0.25) is 5.32 Å². The largest absolute Gasteiger partial charge is 0.481 e. The van der Waals surface area contributed by atoms with Crippen LogP contribution in [0, 0.1) is 0 Å². The Labute approximate surface area is 242 Å². The number of sulfonamides is 1. The summed E-state index contributed by atoms with van der Waals surface area (Å²) in [6.45, 7) is 0. The number of carbonyl (C=O) groups excluding carboxylic acids is 2. The maximum absolute atomic E-state index is 12.9. The van der Waals surface area contributed by atoms with Crippen molar-refractivity contribution < 1.29 is 40.7 Å². The first-order valence-electron chi connectivity index (χ1n) is 10.8. The number of anilines is 2. The van der Waals surface area contributed by atoms with Crippen LogP contribution < -0.4 is 24.8 Å². The molecule has 0 bridgehead atoms. The van der Waals surface area contributed by atoms with Gasteiger partial charge in [-0.25, -0.2) is 19.3 Å². The van der Waals surface area contributed by atoms with Gasteiger partial charge in [0.1, 0.15) is 0 Å². The summed E-state index contributed by atoms with van der Waals surface area (Å²) in [5.41, 5.74) is -0.900. The fourth-order valence-corrected chi connectivity index (χ4v) is 3.96. The summed E-state index contributed by atoms with van der Waals surface area (Å²) in [4.78, 5) is 35.2. The highest BCUT2D eigenvalue weighted by Crippen LogP contribution is 2.32. The van der Waals surface area contributed by atoms with Crippen molar-refractivity contribution in [3.63, 3.8) is 0 Å². The molecule has 4 amide bonds. The van der Waals surface area contributed by atoms with E-state index in [9.17, 15) is 31.2 Å². The molecule has 19 heteroatoms. The molecule has 41 heavy (non-hydrogen) atoms. The van der Waals surface area contributed by atoms with Crippen molar-refractivity contribution in [3.05, 3.63) is 58.2 Å². The second kappa shape index (κ2) is 14.0. The van der Waals surface area contributed by atoms with E-state index in [1.165, 1.54) is 29.9 Å². The Hall–Kier alpha value is -4.09. The molecular formula is C22H22Cl2F3N7O6S. The molecule has 2 heterocycles. The maximum Gasteiger partial charge on any atom is 0.419 e. The molecule has 1 aromatic carbocycles. The van der Waals surface area contributed by atoms with Crippen molar-refractivity contribution in [2.45, 2.75) is 11.2 Å². The van der Waals surface area contributed by atoms with Gasteiger partial charge in [-0.05, 0) is 30.3 Å². The summed E-state index contributed by atoms with van der Waals surface area (Å²) in [6, 6.07) is 6.03. The highest BCUT2D eigenvalue weighted by Gasteiger charge is 2.38. The van der Waals surface area contributed by atoms with Gasteiger partial charge in [0, 0.05) is 26.0 Å². The number of rotatable bonds is 6. The average Bonchev–Trinajstić information content (AvgIpc) is 2.90. The molecule has 3 N–H and O–H groups in total. The van der Waals surface area contributed by atoms with Crippen molar-refractivity contribution in [2.24, 2.45) is 0 Å². The molecular weight excluding hydrogens is 618 g/mol. The fourth-order valence-electron chi connectivity index (χ4n) is 2.60. The number of nitrogens with one attached hydrogen (secondary N) is 3. The number of hydrogen-bond donors (Lipinski definition) is 3. The quantitative estimate of drug-likeness (QED) is 0.352. The van der Waals surface area contributed by atoms with Crippen LogP contribution in [-0.2, 0) is 16.2 Å². The van der Waals surface area contributed by atoms with Crippen LogP contribution in [0.15, 0.2) is 47.6 Å². The zero-order valence-electron chi connectivity index (χ0n) is 21.6. The fraction of sp³-hybridized carbons (Fsp3) is 0.227. The van der Waals surface area contributed by atoms with Crippen molar-refractivity contribution >= 4 is 56.9 Å². The number of amides is 4. The van der Waals surface area contributed by atoms with Gasteiger partial charge in [0.25, 0.3) is 10.0 Å². The van der Waals surface area contributed by atoms with Crippen molar-refractivity contribution in [1.82, 2.24) is 24.6 Å². The molecule has 0 spiro atoms. The third-order valence-electron chi connectivity index (χ3n) is 4.46. The zero-order chi connectivity index (χ0) is 31.0. The average molecular weight is 640 g/mol. The molecule has 3 rings (SSSR count). The van der Waals surface area contributed by atoms with Gasteiger partial charge < -0.3 is 19.7 Å². The van der Waals surface area contributed by atoms with Gasteiger partial charge in [0.15, 0.2) is 5.03 Å². The highest BCUT2D eigenvalue weighted by molar-refractivity contribution is 7.90. The van der Waals surface area contributed by atoms with E-state index < -0.39 is 38.8 Å². The van der Waals surface area contributed by atoms with Gasteiger partial charge in [-0.1, -0.05) is 23.2 Å². The molecule has 0 radical (unpaired) electrons. The highest BCUT2D eigenvalue weighted by atomic mass is 35.5. The number of hydrogen-bond acceptors (Lipinski definition) is 9. The lowest BCUT2D eigenvalue weighted by Gasteiger charge is -2.13. The van der Waals surface area contributed by atoms with Crippen LogP contribution in [0.3, 0.4) is 0 Å². The Bertz CT molecular complexity index is 1490. The summed E-state index contributed by atoms with van der Waals surface area (Å²) in [7, 11) is 0.930.